The van der Waals surface area contributed by atoms with Crippen LogP contribution in [0.1, 0.15) is 25.3 Å². The smallest absolute Gasteiger partial charge is 0.223 e. The van der Waals surface area contributed by atoms with Crippen molar-refractivity contribution in [1.82, 2.24) is 15.5 Å². The Morgan fingerprint density at radius 1 is 1.31 bits per heavy atom. The van der Waals surface area contributed by atoms with Gasteiger partial charge in [-0.1, -0.05) is 13.0 Å². The minimum atomic E-state index is -0.507. The van der Waals surface area contributed by atoms with E-state index in [0.717, 1.165) is 32.5 Å². The van der Waals surface area contributed by atoms with Gasteiger partial charge in [-0.3, -0.25) is 9.69 Å². The summed E-state index contributed by atoms with van der Waals surface area (Å²) in [6.45, 7) is 5.44. The number of hydrogen-bond acceptors (Lipinski definition) is 3. The van der Waals surface area contributed by atoms with Gasteiger partial charge < -0.3 is 10.6 Å². The summed E-state index contributed by atoms with van der Waals surface area (Å²) in [6.07, 6.45) is 1.83. The second kappa shape index (κ2) is 10.4. The number of halogens is 4. The van der Waals surface area contributed by atoms with Crippen LogP contribution in [0.15, 0.2) is 18.2 Å². The summed E-state index contributed by atoms with van der Waals surface area (Å²) in [5, 5.41) is 6.30. The van der Waals surface area contributed by atoms with E-state index < -0.39 is 11.6 Å². The van der Waals surface area contributed by atoms with Crippen molar-refractivity contribution in [2.45, 2.75) is 32.4 Å². The number of likely N-dealkylation sites (tertiary alicyclic amines) is 1. The maximum Gasteiger partial charge on any atom is 0.223 e. The number of rotatable bonds is 5. The molecule has 2 saturated heterocycles. The highest BCUT2D eigenvalue weighted by Crippen LogP contribution is 2.20. The number of benzene rings is 1. The van der Waals surface area contributed by atoms with Crippen LogP contribution in [0.5, 0.6) is 0 Å². The molecule has 2 unspecified atom stereocenters. The number of carbonyl (C=O) groups is 1. The highest BCUT2D eigenvalue weighted by Gasteiger charge is 2.31. The lowest BCUT2D eigenvalue weighted by molar-refractivity contribution is -0.127. The highest BCUT2D eigenvalue weighted by molar-refractivity contribution is 5.85. The van der Waals surface area contributed by atoms with E-state index in [4.69, 9.17) is 0 Å². The van der Waals surface area contributed by atoms with Crippen LogP contribution in [-0.2, 0) is 11.3 Å². The van der Waals surface area contributed by atoms with E-state index >= 15 is 0 Å². The molecule has 2 aliphatic heterocycles. The zero-order valence-corrected chi connectivity index (χ0v) is 16.5. The molecule has 2 aliphatic rings. The fraction of sp³-hybridized carbons (Fsp3) is 0.611. The van der Waals surface area contributed by atoms with Crippen LogP contribution in [0.3, 0.4) is 0 Å². The Kier molecular flexibility index (Phi) is 9.24. The summed E-state index contributed by atoms with van der Waals surface area (Å²) >= 11 is 0. The van der Waals surface area contributed by atoms with Crippen molar-refractivity contribution in [2.24, 2.45) is 11.8 Å². The van der Waals surface area contributed by atoms with Gasteiger partial charge in [0.05, 0.1) is 0 Å². The third-order valence-electron chi connectivity index (χ3n) is 5.23. The van der Waals surface area contributed by atoms with E-state index in [9.17, 15) is 13.6 Å². The molecule has 1 amide bonds. The van der Waals surface area contributed by atoms with Gasteiger partial charge in [-0.25, -0.2) is 8.78 Å². The average molecular weight is 410 g/mol. The summed E-state index contributed by atoms with van der Waals surface area (Å²) in [4.78, 5) is 14.4. The molecule has 2 atom stereocenters. The summed E-state index contributed by atoms with van der Waals surface area (Å²) in [5.74, 6) is -0.507. The van der Waals surface area contributed by atoms with E-state index in [0.29, 0.717) is 12.5 Å². The molecule has 8 heteroatoms. The fourth-order valence-corrected chi connectivity index (χ4v) is 3.44. The van der Waals surface area contributed by atoms with Crippen LogP contribution in [0, 0.1) is 23.5 Å². The first-order valence-corrected chi connectivity index (χ1v) is 8.71. The summed E-state index contributed by atoms with van der Waals surface area (Å²) in [7, 11) is 0. The largest absolute Gasteiger partial charge is 0.352 e. The Balaban J connectivity index is 0.00000169. The summed E-state index contributed by atoms with van der Waals surface area (Å²) in [5.41, 5.74) is 0.110. The molecular formula is C18H27Cl2F2N3O. The predicted molar refractivity (Wildman–Crippen MR) is 103 cm³/mol. The maximum atomic E-state index is 13.8. The number of carbonyl (C=O) groups excluding carboxylic acids is 1. The molecule has 0 radical (unpaired) electrons. The average Bonchev–Trinajstić information content (AvgIpc) is 2.50. The van der Waals surface area contributed by atoms with Crippen molar-refractivity contribution in [1.29, 1.82) is 0 Å². The first-order chi connectivity index (χ1) is 11.5. The van der Waals surface area contributed by atoms with E-state index in [1.165, 1.54) is 18.2 Å². The van der Waals surface area contributed by atoms with Gasteiger partial charge in [0.1, 0.15) is 11.6 Å². The predicted octanol–water partition coefficient (Wildman–Crippen LogP) is 2.74. The number of nitrogens with zero attached hydrogens (tertiary/aromatic N) is 1. The monoisotopic (exact) mass is 409 g/mol. The molecular weight excluding hydrogens is 383 g/mol. The van der Waals surface area contributed by atoms with Crippen molar-refractivity contribution >= 4 is 30.7 Å². The van der Waals surface area contributed by atoms with Gasteiger partial charge >= 0.3 is 0 Å². The van der Waals surface area contributed by atoms with Gasteiger partial charge in [0.25, 0.3) is 0 Å². The van der Waals surface area contributed by atoms with Gasteiger partial charge in [-0.2, -0.15) is 0 Å². The fourth-order valence-electron chi connectivity index (χ4n) is 3.44. The molecule has 0 aliphatic carbocycles. The third kappa shape index (κ3) is 5.52. The lowest BCUT2D eigenvalue weighted by Gasteiger charge is -2.36. The first kappa shape index (κ1) is 23.1. The molecule has 0 bridgehead atoms. The zero-order chi connectivity index (χ0) is 17.1. The van der Waals surface area contributed by atoms with Gasteiger partial charge in [0.2, 0.25) is 5.91 Å². The minimum absolute atomic E-state index is 0. The molecule has 2 N–H and O–H groups in total. The lowest BCUT2D eigenvalue weighted by atomic mass is 9.88. The van der Waals surface area contributed by atoms with Crippen LogP contribution >= 0.6 is 24.8 Å². The molecule has 1 aromatic rings. The first-order valence-electron chi connectivity index (χ1n) is 8.71. The van der Waals surface area contributed by atoms with Crippen LogP contribution in [0.4, 0.5) is 8.78 Å². The number of nitrogens with one attached hydrogen (secondary N) is 2. The number of hydrogen-bond donors (Lipinski definition) is 2. The molecule has 2 fully saturated rings. The van der Waals surface area contributed by atoms with E-state index in [2.05, 4.69) is 10.6 Å². The normalized spacial score (nSPS) is 21.7. The van der Waals surface area contributed by atoms with Crippen LogP contribution in [0.2, 0.25) is 0 Å². The summed E-state index contributed by atoms with van der Waals surface area (Å²) < 4.78 is 27.6. The Bertz CT molecular complexity index is 582. The second-order valence-corrected chi connectivity index (χ2v) is 6.99. The Morgan fingerprint density at radius 2 is 1.96 bits per heavy atom. The Morgan fingerprint density at radius 3 is 2.54 bits per heavy atom. The second-order valence-electron chi connectivity index (χ2n) is 6.99. The minimum Gasteiger partial charge on any atom is -0.352 e. The van der Waals surface area contributed by atoms with Gasteiger partial charge in [-0.15, -0.1) is 24.8 Å². The Hall–Kier alpha value is -0.950. The molecule has 26 heavy (non-hydrogen) atoms. The van der Waals surface area contributed by atoms with Crippen LogP contribution in [0.25, 0.3) is 0 Å². The van der Waals surface area contributed by atoms with Gasteiger partial charge in [0.15, 0.2) is 0 Å². The van der Waals surface area contributed by atoms with Crippen molar-refractivity contribution in [3.05, 3.63) is 35.4 Å². The van der Waals surface area contributed by atoms with Gasteiger partial charge in [0, 0.05) is 30.6 Å². The van der Waals surface area contributed by atoms with Gasteiger partial charge in [-0.05, 0) is 50.5 Å². The molecule has 0 aromatic heterocycles. The highest BCUT2D eigenvalue weighted by atomic mass is 35.5. The van der Waals surface area contributed by atoms with E-state index in [-0.39, 0.29) is 54.8 Å². The topological polar surface area (TPSA) is 44.4 Å². The van der Waals surface area contributed by atoms with E-state index in [1.54, 1.807) is 0 Å². The summed E-state index contributed by atoms with van der Waals surface area (Å²) in [6, 6.07) is 4.01. The number of amides is 1. The zero-order valence-electron chi connectivity index (χ0n) is 14.8. The van der Waals surface area contributed by atoms with Crippen molar-refractivity contribution in [3.8, 4) is 0 Å². The standard InChI is InChI=1S/C18H25F2N3O.2ClH/c1-12(13-8-21-9-13)18(24)22-14-4-3-7-23(10-14)11-15-16(19)5-2-6-17(15)20;;/h2,5-6,12-14,21H,3-4,7-11H2,1H3,(H,22,24);2*1H. The quantitative estimate of drug-likeness (QED) is 0.785. The lowest BCUT2D eigenvalue weighted by Crippen LogP contribution is -2.53. The third-order valence-corrected chi connectivity index (χ3v) is 5.23. The maximum absolute atomic E-state index is 13.8. The van der Waals surface area contributed by atoms with Crippen molar-refractivity contribution < 1.29 is 13.6 Å². The molecule has 148 valence electrons. The van der Waals surface area contributed by atoms with Crippen LogP contribution in [-0.4, -0.2) is 43.0 Å². The molecule has 1 aromatic carbocycles. The molecule has 0 spiro atoms. The molecule has 4 nitrogen and oxygen atoms in total. The molecule has 2 heterocycles. The number of piperidine rings is 1. The SMILES string of the molecule is CC(C(=O)NC1CCCN(Cc2c(F)cccc2F)C1)C1CNC1.Cl.Cl. The molecule has 3 rings (SSSR count). The van der Waals surface area contributed by atoms with Crippen LogP contribution < -0.4 is 10.6 Å². The van der Waals surface area contributed by atoms with E-state index in [1.807, 2.05) is 11.8 Å². The van der Waals surface area contributed by atoms with Crippen molar-refractivity contribution in [3.63, 3.8) is 0 Å². The Labute approximate surface area is 165 Å². The molecule has 0 saturated carbocycles. The van der Waals surface area contributed by atoms with Crippen molar-refractivity contribution in [2.75, 3.05) is 26.2 Å².